The molecule has 6 heteroatoms. The van der Waals surface area contributed by atoms with E-state index in [1.54, 1.807) is 0 Å². The van der Waals surface area contributed by atoms with Crippen LogP contribution in [0.25, 0.3) is 0 Å². The van der Waals surface area contributed by atoms with Crippen molar-refractivity contribution >= 4 is 17.9 Å². The van der Waals surface area contributed by atoms with E-state index in [1.165, 1.54) is 225 Å². The van der Waals surface area contributed by atoms with Gasteiger partial charge < -0.3 is 14.2 Å². The SMILES string of the molecule is CC/C=C\C/C=C\C/C=C\C/C=C\CCCCCCCCCCCCCCCCC(=O)OCC(COC(=O)CCCCCCC/C=C\CCCCC)OC(=O)CCCCCCCCCCCCCCC/C=C\C/C=C\CCCCCCC. The molecule has 0 aromatic heterocycles. The lowest BCUT2D eigenvalue weighted by Crippen LogP contribution is -2.30. The topological polar surface area (TPSA) is 78.9 Å². The summed E-state index contributed by atoms with van der Waals surface area (Å²) in [6.07, 6.45) is 93.3. The van der Waals surface area contributed by atoms with Crippen LogP contribution in [0.3, 0.4) is 0 Å². The molecule has 0 saturated heterocycles. The van der Waals surface area contributed by atoms with Crippen molar-refractivity contribution in [2.24, 2.45) is 0 Å². The molecule has 82 heavy (non-hydrogen) atoms. The third kappa shape index (κ3) is 67.4. The van der Waals surface area contributed by atoms with Gasteiger partial charge in [-0.3, -0.25) is 14.4 Å². The van der Waals surface area contributed by atoms with Gasteiger partial charge in [0.2, 0.25) is 0 Å². The number of hydrogen-bond donors (Lipinski definition) is 0. The summed E-state index contributed by atoms with van der Waals surface area (Å²) in [7, 11) is 0. The summed E-state index contributed by atoms with van der Waals surface area (Å²) in [5.74, 6) is -0.869. The number of rotatable bonds is 65. The highest BCUT2D eigenvalue weighted by Crippen LogP contribution is 2.17. The summed E-state index contributed by atoms with van der Waals surface area (Å²) in [5, 5.41) is 0. The van der Waals surface area contributed by atoms with Crippen molar-refractivity contribution in [1.82, 2.24) is 0 Å². The first kappa shape index (κ1) is 78.6. The Kier molecular flexibility index (Phi) is 67.2. The van der Waals surface area contributed by atoms with Crippen LogP contribution in [0.1, 0.15) is 361 Å². The summed E-state index contributed by atoms with van der Waals surface area (Å²) in [5.41, 5.74) is 0. The second-order valence-corrected chi connectivity index (χ2v) is 23.8. The van der Waals surface area contributed by atoms with Crippen LogP contribution in [-0.2, 0) is 28.6 Å². The van der Waals surface area contributed by atoms with E-state index in [9.17, 15) is 14.4 Å². The van der Waals surface area contributed by atoms with Gasteiger partial charge in [0, 0.05) is 19.3 Å². The fraction of sp³-hybridized carbons (Fsp3) is 0.776. The highest BCUT2D eigenvalue weighted by Gasteiger charge is 2.19. The highest BCUT2D eigenvalue weighted by atomic mass is 16.6. The second kappa shape index (κ2) is 70.1. The van der Waals surface area contributed by atoms with Gasteiger partial charge in [-0.15, -0.1) is 0 Å². The first-order valence-corrected chi connectivity index (χ1v) is 35.6. The normalized spacial score (nSPS) is 12.6. The molecule has 0 amide bonds. The smallest absolute Gasteiger partial charge is 0.306 e. The van der Waals surface area contributed by atoms with E-state index in [0.717, 1.165) is 96.3 Å². The van der Waals surface area contributed by atoms with E-state index in [2.05, 4.69) is 106 Å². The molecule has 1 unspecified atom stereocenters. The van der Waals surface area contributed by atoms with Crippen molar-refractivity contribution < 1.29 is 28.6 Å². The average molecular weight is 1140 g/mol. The van der Waals surface area contributed by atoms with Crippen molar-refractivity contribution in [3.8, 4) is 0 Å². The Morgan fingerprint density at radius 3 is 0.780 bits per heavy atom. The fourth-order valence-corrected chi connectivity index (χ4v) is 10.3. The minimum absolute atomic E-state index is 0.0766. The molecule has 0 aromatic carbocycles. The lowest BCUT2D eigenvalue weighted by molar-refractivity contribution is -0.167. The molecular formula is C76H134O6. The molecule has 0 heterocycles. The average Bonchev–Trinajstić information content (AvgIpc) is 3.47. The number of hydrogen-bond acceptors (Lipinski definition) is 6. The van der Waals surface area contributed by atoms with Gasteiger partial charge in [0.1, 0.15) is 13.2 Å². The van der Waals surface area contributed by atoms with Gasteiger partial charge in [0.05, 0.1) is 0 Å². The molecule has 474 valence electrons. The Labute approximate surface area is 509 Å². The van der Waals surface area contributed by atoms with Gasteiger partial charge in [0.25, 0.3) is 0 Å². The first-order valence-electron chi connectivity index (χ1n) is 35.6. The Hall–Kier alpha value is -3.41. The molecule has 0 fully saturated rings. The van der Waals surface area contributed by atoms with Gasteiger partial charge in [-0.05, 0) is 116 Å². The van der Waals surface area contributed by atoms with Crippen LogP contribution in [0.2, 0.25) is 0 Å². The molecule has 0 aliphatic rings. The molecule has 0 aliphatic heterocycles. The molecular weight excluding hydrogens is 1010 g/mol. The number of unbranched alkanes of at least 4 members (excludes halogenated alkanes) is 40. The number of allylic oxidation sites excluding steroid dienone is 14. The van der Waals surface area contributed by atoms with Crippen LogP contribution in [0.4, 0.5) is 0 Å². The van der Waals surface area contributed by atoms with E-state index in [-0.39, 0.29) is 31.1 Å². The van der Waals surface area contributed by atoms with E-state index in [4.69, 9.17) is 14.2 Å². The molecule has 0 radical (unpaired) electrons. The molecule has 0 saturated carbocycles. The zero-order valence-corrected chi connectivity index (χ0v) is 54.5. The molecule has 0 aromatic rings. The van der Waals surface area contributed by atoms with E-state index >= 15 is 0 Å². The van der Waals surface area contributed by atoms with Crippen molar-refractivity contribution in [2.75, 3.05) is 13.2 Å². The molecule has 0 bridgehead atoms. The zero-order chi connectivity index (χ0) is 59.2. The Morgan fingerprint density at radius 1 is 0.256 bits per heavy atom. The Balaban J connectivity index is 4.23. The van der Waals surface area contributed by atoms with E-state index in [0.29, 0.717) is 19.3 Å². The molecule has 0 aliphatic carbocycles. The Bertz CT molecular complexity index is 1550. The van der Waals surface area contributed by atoms with Gasteiger partial charge in [-0.2, -0.15) is 0 Å². The van der Waals surface area contributed by atoms with Gasteiger partial charge in [-0.25, -0.2) is 0 Å². The first-order chi connectivity index (χ1) is 40.5. The van der Waals surface area contributed by atoms with Crippen molar-refractivity contribution in [3.05, 3.63) is 85.1 Å². The maximum absolute atomic E-state index is 13.0. The van der Waals surface area contributed by atoms with Crippen LogP contribution >= 0.6 is 0 Å². The predicted octanol–water partition coefficient (Wildman–Crippen LogP) is 24.6. The summed E-state index contributed by atoms with van der Waals surface area (Å²) < 4.78 is 17.0. The standard InChI is InChI=1S/C76H134O6/c1-4-7-10-13-16-19-22-25-27-29-31-33-35-37-38-40-41-43-45-47-49-51-54-57-60-63-66-69-75(78)81-72-73(71-80-74(77)68-65-62-59-56-53-24-21-18-15-12-9-6-3)82-76(79)70-67-64-61-58-55-52-50-48-46-44-42-39-36-34-32-30-28-26-23-20-17-14-11-8-5-2/h7,10,16,18-19,21,23,25-27,30-33,73H,4-6,8-9,11-15,17,20,22,24,28-29,34-72H2,1-3H3/b10-7-,19-16-,21-18-,26-23-,27-25-,32-30-,33-31-. The number of esters is 3. The second-order valence-electron chi connectivity index (χ2n) is 23.8. The van der Waals surface area contributed by atoms with Crippen molar-refractivity contribution in [1.29, 1.82) is 0 Å². The fourth-order valence-electron chi connectivity index (χ4n) is 10.3. The van der Waals surface area contributed by atoms with Crippen molar-refractivity contribution in [3.63, 3.8) is 0 Å². The summed E-state index contributed by atoms with van der Waals surface area (Å²) in [6, 6.07) is 0. The predicted molar refractivity (Wildman–Crippen MR) is 358 cm³/mol. The summed E-state index contributed by atoms with van der Waals surface area (Å²) in [4.78, 5) is 38.4. The van der Waals surface area contributed by atoms with E-state index < -0.39 is 6.10 Å². The summed E-state index contributed by atoms with van der Waals surface area (Å²) in [6.45, 7) is 6.53. The molecule has 0 spiro atoms. The molecule has 1 atom stereocenters. The molecule has 6 nitrogen and oxygen atoms in total. The molecule has 0 N–H and O–H groups in total. The van der Waals surface area contributed by atoms with Gasteiger partial charge >= 0.3 is 17.9 Å². The number of carbonyl (C=O) groups excluding carboxylic acids is 3. The Morgan fingerprint density at radius 2 is 0.476 bits per heavy atom. The third-order valence-corrected chi connectivity index (χ3v) is 15.6. The largest absolute Gasteiger partial charge is 0.462 e. The minimum atomic E-state index is -0.781. The zero-order valence-electron chi connectivity index (χ0n) is 54.5. The maximum Gasteiger partial charge on any atom is 0.306 e. The lowest BCUT2D eigenvalue weighted by Gasteiger charge is -2.18. The quantitative estimate of drug-likeness (QED) is 0.0261. The van der Waals surface area contributed by atoms with Crippen LogP contribution in [0, 0.1) is 0 Å². The van der Waals surface area contributed by atoms with Gasteiger partial charge in [0.15, 0.2) is 6.10 Å². The van der Waals surface area contributed by atoms with Crippen LogP contribution < -0.4 is 0 Å². The van der Waals surface area contributed by atoms with Crippen molar-refractivity contribution in [2.45, 2.75) is 367 Å². The summed E-state index contributed by atoms with van der Waals surface area (Å²) >= 11 is 0. The lowest BCUT2D eigenvalue weighted by atomic mass is 10.0. The highest BCUT2D eigenvalue weighted by molar-refractivity contribution is 5.71. The van der Waals surface area contributed by atoms with Crippen LogP contribution in [0.5, 0.6) is 0 Å². The van der Waals surface area contributed by atoms with Gasteiger partial charge in [-0.1, -0.05) is 311 Å². The third-order valence-electron chi connectivity index (χ3n) is 15.6. The number of ether oxygens (including phenoxy) is 3. The van der Waals surface area contributed by atoms with E-state index in [1.807, 2.05) is 0 Å². The van der Waals surface area contributed by atoms with Crippen LogP contribution in [0.15, 0.2) is 85.1 Å². The monoisotopic (exact) mass is 1140 g/mol. The maximum atomic E-state index is 13.0. The van der Waals surface area contributed by atoms with Crippen LogP contribution in [-0.4, -0.2) is 37.2 Å². The molecule has 0 rings (SSSR count). The minimum Gasteiger partial charge on any atom is -0.462 e. The number of carbonyl (C=O) groups is 3.